The fourth-order valence-electron chi connectivity index (χ4n) is 1.74. The van der Waals surface area contributed by atoms with Crippen LogP contribution in [0.3, 0.4) is 0 Å². The summed E-state index contributed by atoms with van der Waals surface area (Å²) in [6, 6.07) is 0.535. The Kier molecular flexibility index (Phi) is 3.93. The third kappa shape index (κ3) is 3.56. The molecule has 0 aromatic carbocycles. The molecule has 0 spiro atoms. The summed E-state index contributed by atoms with van der Waals surface area (Å²) in [5.74, 6) is 1.13. The highest BCUT2D eigenvalue weighted by Crippen LogP contribution is 2.34. The lowest BCUT2D eigenvalue weighted by molar-refractivity contribution is 0.317. The van der Waals surface area contributed by atoms with E-state index in [0.29, 0.717) is 12.5 Å². The van der Waals surface area contributed by atoms with Crippen LogP contribution in [0.2, 0.25) is 0 Å². The molecule has 1 saturated carbocycles. The van der Waals surface area contributed by atoms with Crippen molar-refractivity contribution in [2.75, 3.05) is 11.4 Å². The molecule has 1 aromatic heterocycles. The molecular formula is C12H21N5OS. The molecule has 0 aliphatic heterocycles. The highest BCUT2D eigenvalue weighted by Gasteiger charge is 2.32. The first-order chi connectivity index (χ1) is 8.91. The SMILES string of the molecule is CC(C)(C)c1nsc(N(CCC(N)=NO)C2CC2)n1. The average molecular weight is 283 g/mol. The van der Waals surface area contributed by atoms with Gasteiger partial charge in [0.2, 0.25) is 5.13 Å². The molecule has 1 aromatic rings. The summed E-state index contributed by atoms with van der Waals surface area (Å²) in [6.45, 7) is 7.05. The van der Waals surface area contributed by atoms with Gasteiger partial charge in [-0.2, -0.15) is 4.37 Å². The lowest BCUT2D eigenvalue weighted by Crippen LogP contribution is -2.30. The van der Waals surface area contributed by atoms with Crippen molar-refractivity contribution in [1.82, 2.24) is 9.36 Å². The molecule has 1 fully saturated rings. The van der Waals surface area contributed by atoms with Crippen molar-refractivity contribution in [3.63, 3.8) is 0 Å². The molecule has 0 unspecified atom stereocenters. The third-order valence-electron chi connectivity index (χ3n) is 3.06. The Labute approximate surface area is 117 Å². The van der Waals surface area contributed by atoms with E-state index in [1.54, 1.807) is 0 Å². The second-order valence-electron chi connectivity index (χ2n) is 5.92. The lowest BCUT2D eigenvalue weighted by atomic mass is 9.96. The first kappa shape index (κ1) is 14.0. The quantitative estimate of drug-likeness (QED) is 0.373. The highest BCUT2D eigenvalue weighted by atomic mass is 32.1. The monoisotopic (exact) mass is 283 g/mol. The molecule has 0 saturated heterocycles. The maximum absolute atomic E-state index is 8.60. The van der Waals surface area contributed by atoms with Crippen LogP contribution in [-0.2, 0) is 5.41 Å². The van der Waals surface area contributed by atoms with Gasteiger partial charge in [-0.3, -0.25) is 0 Å². The van der Waals surface area contributed by atoms with Crippen molar-refractivity contribution in [2.45, 2.75) is 51.5 Å². The van der Waals surface area contributed by atoms with Crippen LogP contribution in [0, 0.1) is 0 Å². The molecule has 106 valence electrons. The van der Waals surface area contributed by atoms with Gasteiger partial charge < -0.3 is 15.8 Å². The fourth-order valence-corrected chi connectivity index (χ4v) is 2.70. The van der Waals surface area contributed by atoms with Crippen molar-refractivity contribution < 1.29 is 5.21 Å². The van der Waals surface area contributed by atoms with Crippen molar-refractivity contribution in [1.29, 1.82) is 0 Å². The number of nitrogens with zero attached hydrogens (tertiary/aromatic N) is 4. The molecule has 1 heterocycles. The standard InChI is InChI=1S/C12H21N5OS/c1-12(2,3)10-14-11(19-16-10)17(8-4-5-8)7-6-9(13)15-18/h8,18H,4-7H2,1-3H3,(H2,13,15). The van der Waals surface area contributed by atoms with E-state index >= 15 is 0 Å². The largest absolute Gasteiger partial charge is 0.409 e. The van der Waals surface area contributed by atoms with E-state index in [2.05, 4.69) is 40.2 Å². The van der Waals surface area contributed by atoms with E-state index in [9.17, 15) is 0 Å². The molecule has 3 N–H and O–H groups in total. The van der Waals surface area contributed by atoms with Crippen molar-refractivity contribution in [3.8, 4) is 0 Å². The molecule has 2 rings (SSSR count). The predicted molar refractivity (Wildman–Crippen MR) is 77.0 cm³/mol. The van der Waals surface area contributed by atoms with Crippen LogP contribution in [-0.4, -0.2) is 33.0 Å². The number of hydrogen-bond donors (Lipinski definition) is 2. The first-order valence-corrected chi connectivity index (χ1v) is 7.26. The van der Waals surface area contributed by atoms with Gasteiger partial charge >= 0.3 is 0 Å². The van der Waals surface area contributed by atoms with Gasteiger partial charge in [0.1, 0.15) is 11.7 Å². The van der Waals surface area contributed by atoms with Crippen LogP contribution >= 0.6 is 11.5 Å². The van der Waals surface area contributed by atoms with Gasteiger partial charge in [-0.15, -0.1) is 0 Å². The summed E-state index contributed by atoms with van der Waals surface area (Å²) in [5.41, 5.74) is 5.50. The highest BCUT2D eigenvalue weighted by molar-refractivity contribution is 7.09. The Balaban J connectivity index is 2.09. The summed E-state index contributed by atoms with van der Waals surface area (Å²) >= 11 is 1.43. The van der Waals surface area contributed by atoms with Gasteiger partial charge in [-0.1, -0.05) is 25.9 Å². The first-order valence-electron chi connectivity index (χ1n) is 6.49. The van der Waals surface area contributed by atoms with Gasteiger partial charge in [0.05, 0.1) is 0 Å². The normalized spacial score (nSPS) is 16.7. The lowest BCUT2D eigenvalue weighted by Gasteiger charge is -2.20. The van der Waals surface area contributed by atoms with E-state index in [-0.39, 0.29) is 11.3 Å². The van der Waals surface area contributed by atoms with Gasteiger partial charge in [-0.25, -0.2) is 4.98 Å². The number of rotatable bonds is 5. The zero-order valence-corrected chi connectivity index (χ0v) is 12.4. The summed E-state index contributed by atoms with van der Waals surface area (Å²) < 4.78 is 4.44. The molecule has 0 atom stereocenters. The maximum atomic E-state index is 8.60. The molecule has 6 nitrogen and oxygen atoms in total. The molecule has 0 radical (unpaired) electrons. The molecule has 7 heteroatoms. The van der Waals surface area contributed by atoms with Gasteiger partial charge in [0.25, 0.3) is 0 Å². The minimum Gasteiger partial charge on any atom is -0.409 e. The van der Waals surface area contributed by atoms with E-state index in [1.807, 2.05) is 0 Å². The molecular weight excluding hydrogens is 262 g/mol. The average Bonchev–Trinajstić information content (AvgIpc) is 3.04. The Morgan fingerprint density at radius 1 is 1.53 bits per heavy atom. The summed E-state index contributed by atoms with van der Waals surface area (Å²) in [6.07, 6.45) is 2.90. The van der Waals surface area contributed by atoms with Crippen LogP contribution in [0.5, 0.6) is 0 Å². The smallest absolute Gasteiger partial charge is 0.205 e. The van der Waals surface area contributed by atoms with Crippen molar-refractivity contribution in [3.05, 3.63) is 5.82 Å². The fraction of sp³-hybridized carbons (Fsp3) is 0.750. The van der Waals surface area contributed by atoms with E-state index in [0.717, 1.165) is 17.5 Å². The number of hydrogen-bond acceptors (Lipinski definition) is 6. The Hall–Kier alpha value is -1.37. The molecule has 0 amide bonds. The minimum absolute atomic E-state index is 0.0322. The molecule has 19 heavy (non-hydrogen) atoms. The summed E-state index contributed by atoms with van der Waals surface area (Å²) in [7, 11) is 0. The number of nitrogens with two attached hydrogens (primary N) is 1. The Bertz CT molecular complexity index is 461. The van der Waals surface area contributed by atoms with Crippen LogP contribution in [0.15, 0.2) is 5.16 Å². The van der Waals surface area contributed by atoms with E-state index in [1.165, 1.54) is 24.4 Å². The second kappa shape index (κ2) is 5.32. The van der Waals surface area contributed by atoms with Crippen molar-refractivity contribution in [2.24, 2.45) is 10.9 Å². The zero-order chi connectivity index (χ0) is 14.0. The van der Waals surface area contributed by atoms with Crippen LogP contribution in [0.4, 0.5) is 5.13 Å². The van der Waals surface area contributed by atoms with Crippen molar-refractivity contribution >= 4 is 22.5 Å². The number of amidine groups is 1. The van der Waals surface area contributed by atoms with Gasteiger partial charge in [0, 0.05) is 36.0 Å². The maximum Gasteiger partial charge on any atom is 0.205 e. The number of anilines is 1. The Morgan fingerprint density at radius 2 is 2.21 bits per heavy atom. The van der Waals surface area contributed by atoms with Gasteiger partial charge in [0.15, 0.2) is 0 Å². The number of oxime groups is 1. The Morgan fingerprint density at radius 3 is 2.68 bits per heavy atom. The second-order valence-corrected chi connectivity index (χ2v) is 6.65. The summed E-state index contributed by atoms with van der Waals surface area (Å²) in [5, 5.41) is 12.6. The minimum atomic E-state index is -0.0322. The number of aromatic nitrogens is 2. The van der Waals surface area contributed by atoms with E-state index < -0.39 is 0 Å². The van der Waals surface area contributed by atoms with E-state index in [4.69, 9.17) is 10.9 Å². The predicted octanol–water partition coefficient (Wildman–Crippen LogP) is 1.94. The van der Waals surface area contributed by atoms with Crippen LogP contribution in [0.1, 0.15) is 45.9 Å². The third-order valence-corrected chi connectivity index (χ3v) is 3.81. The molecule has 1 aliphatic rings. The topological polar surface area (TPSA) is 87.6 Å². The zero-order valence-electron chi connectivity index (χ0n) is 11.6. The van der Waals surface area contributed by atoms with Gasteiger partial charge in [-0.05, 0) is 12.8 Å². The van der Waals surface area contributed by atoms with Crippen LogP contribution in [0.25, 0.3) is 0 Å². The van der Waals surface area contributed by atoms with Crippen LogP contribution < -0.4 is 10.6 Å². The molecule has 1 aliphatic carbocycles. The molecule has 0 bridgehead atoms. The summed E-state index contributed by atoms with van der Waals surface area (Å²) in [4.78, 5) is 6.86.